The lowest BCUT2D eigenvalue weighted by molar-refractivity contribution is -0.146. The van der Waals surface area contributed by atoms with Gasteiger partial charge in [-0.2, -0.15) is 0 Å². The molecule has 3 saturated heterocycles. The van der Waals surface area contributed by atoms with Crippen molar-refractivity contribution in [2.24, 2.45) is 17.8 Å². The molecule has 2 bridgehead atoms. The molecule has 3 N–H and O–H groups in total. The molecule has 3 unspecified atom stereocenters. The Balaban J connectivity index is 1.62. The average molecular weight is 514 g/mol. The molecule has 3 heterocycles. The second-order valence-corrected chi connectivity index (χ2v) is 11.2. The van der Waals surface area contributed by atoms with Gasteiger partial charge in [0.15, 0.2) is 0 Å². The Hall–Kier alpha value is -2.45. The van der Waals surface area contributed by atoms with Gasteiger partial charge in [0, 0.05) is 25.4 Å². The fourth-order valence-corrected chi connectivity index (χ4v) is 6.85. The fourth-order valence-electron chi connectivity index (χ4n) is 6.85. The highest BCUT2D eigenvalue weighted by atomic mass is 16.5. The van der Waals surface area contributed by atoms with Gasteiger partial charge in [0.05, 0.1) is 17.4 Å². The molecular formula is C29H43N3O5. The Morgan fingerprint density at radius 3 is 2.51 bits per heavy atom. The number of hydrogen-bond acceptors (Lipinski definition) is 5. The third-order valence-corrected chi connectivity index (χ3v) is 8.77. The van der Waals surface area contributed by atoms with Gasteiger partial charge in [0.2, 0.25) is 17.7 Å². The summed E-state index contributed by atoms with van der Waals surface area (Å²) in [4.78, 5) is 43.1. The SMILES string of the molecule is CCCCCNC(=O)C1N(CCCCCCO)C(=O)[C@@H]2[C@@H](C(=O)Nc3ccccc3)[C@]3(C)OC12CC3C. The lowest BCUT2D eigenvalue weighted by atomic mass is 9.62. The van der Waals surface area contributed by atoms with Gasteiger partial charge < -0.3 is 25.4 Å². The monoisotopic (exact) mass is 513 g/mol. The average Bonchev–Trinajstić information content (AvgIpc) is 3.39. The van der Waals surface area contributed by atoms with Crippen LogP contribution in [0.1, 0.15) is 72.1 Å². The minimum atomic E-state index is -1.01. The number of ether oxygens (including phenoxy) is 1. The van der Waals surface area contributed by atoms with Crippen molar-refractivity contribution in [1.29, 1.82) is 0 Å². The molecule has 3 amide bonds. The van der Waals surface area contributed by atoms with E-state index in [9.17, 15) is 14.4 Å². The molecule has 3 aliphatic heterocycles. The van der Waals surface area contributed by atoms with E-state index < -0.39 is 29.1 Å². The maximum atomic E-state index is 14.0. The minimum absolute atomic E-state index is 0.0166. The van der Waals surface area contributed by atoms with Crippen LogP contribution in [-0.4, -0.2) is 64.7 Å². The number of likely N-dealkylation sites (tertiary alicyclic amines) is 1. The Labute approximate surface area is 220 Å². The summed E-state index contributed by atoms with van der Waals surface area (Å²) < 4.78 is 6.74. The van der Waals surface area contributed by atoms with Crippen LogP contribution in [0.5, 0.6) is 0 Å². The van der Waals surface area contributed by atoms with Crippen LogP contribution < -0.4 is 10.6 Å². The smallest absolute Gasteiger partial charge is 0.245 e. The van der Waals surface area contributed by atoms with Crippen LogP contribution in [0, 0.1) is 17.8 Å². The Bertz CT molecular complexity index is 972. The van der Waals surface area contributed by atoms with E-state index in [2.05, 4.69) is 24.5 Å². The standard InChI is InChI=1S/C29H43N3O5/c1-4-5-11-16-30-26(35)24-29-19-20(2)28(3,37-29)22(25(34)31-21-14-9-8-10-15-21)23(29)27(36)32(24)17-12-6-7-13-18-33/h8-10,14-15,20,22-24,33H,4-7,11-13,16-19H2,1-3H3,(H,30,35)(H,31,34)/t20?,22-,23-,24?,28+,29?/m0/s1. The van der Waals surface area contributed by atoms with E-state index >= 15 is 0 Å². The van der Waals surface area contributed by atoms with E-state index in [1.165, 1.54) is 0 Å². The molecule has 8 nitrogen and oxygen atoms in total. The molecule has 1 spiro atoms. The third kappa shape index (κ3) is 5.02. The van der Waals surface area contributed by atoms with E-state index in [1.807, 2.05) is 37.3 Å². The maximum Gasteiger partial charge on any atom is 0.245 e. The van der Waals surface area contributed by atoms with E-state index in [0.717, 1.165) is 44.9 Å². The number of unbranched alkanes of at least 4 members (excludes halogenated alkanes) is 5. The van der Waals surface area contributed by atoms with Crippen molar-refractivity contribution in [2.75, 3.05) is 25.0 Å². The largest absolute Gasteiger partial charge is 0.396 e. The molecule has 0 aromatic heterocycles. The first-order valence-corrected chi connectivity index (χ1v) is 14.0. The van der Waals surface area contributed by atoms with Gasteiger partial charge in [0.1, 0.15) is 11.6 Å². The number of hydrogen-bond donors (Lipinski definition) is 3. The molecule has 1 aromatic carbocycles. The number of fused-ring (bicyclic) bond motifs is 1. The first-order chi connectivity index (χ1) is 17.8. The zero-order valence-corrected chi connectivity index (χ0v) is 22.5. The van der Waals surface area contributed by atoms with Crippen LogP contribution in [-0.2, 0) is 19.1 Å². The fraction of sp³-hybridized carbons (Fsp3) is 0.690. The van der Waals surface area contributed by atoms with Crippen LogP contribution in [0.2, 0.25) is 0 Å². The summed E-state index contributed by atoms with van der Waals surface area (Å²) in [6.45, 7) is 7.27. The molecule has 4 rings (SSSR count). The summed E-state index contributed by atoms with van der Waals surface area (Å²) >= 11 is 0. The van der Waals surface area contributed by atoms with Crippen molar-refractivity contribution in [3.8, 4) is 0 Å². The van der Waals surface area contributed by atoms with Gasteiger partial charge in [0.25, 0.3) is 0 Å². The highest BCUT2D eigenvalue weighted by Crippen LogP contribution is 2.65. The number of aliphatic hydroxyl groups is 1. The highest BCUT2D eigenvalue weighted by molar-refractivity contribution is 6.02. The molecule has 6 atom stereocenters. The quantitative estimate of drug-likeness (QED) is 0.350. The van der Waals surface area contributed by atoms with Gasteiger partial charge in [-0.05, 0) is 50.7 Å². The number of carbonyl (C=O) groups is 3. The van der Waals surface area contributed by atoms with Crippen molar-refractivity contribution in [2.45, 2.75) is 89.4 Å². The highest BCUT2D eigenvalue weighted by Gasteiger charge is 2.79. The number of benzene rings is 1. The molecule has 204 valence electrons. The zero-order valence-electron chi connectivity index (χ0n) is 22.5. The Morgan fingerprint density at radius 1 is 1.08 bits per heavy atom. The van der Waals surface area contributed by atoms with E-state index in [1.54, 1.807) is 4.90 Å². The molecule has 3 aliphatic rings. The molecule has 8 heteroatoms. The van der Waals surface area contributed by atoms with Crippen LogP contribution in [0.25, 0.3) is 0 Å². The topological polar surface area (TPSA) is 108 Å². The van der Waals surface area contributed by atoms with Gasteiger partial charge in [-0.25, -0.2) is 0 Å². The molecule has 0 radical (unpaired) electrons. The molecule has 3 fully saturated rings. The summed E-state index contributed by atoms with van der Waals surface area (Å²) in [5.41, 5.74) is -1.16. The predicted octanol–water partition coefficient (Wildman–Crippen LogP) is 3.49. The maximum absolute atomic E-state index is 14.0. The first kappa shape index (κ1) is 27.6. The van der Waals surface area contributed by atoms with E-state index in [0.29, 0.717) is 25.2 Å². The summed E-state index contributed by atoms with van der Waals surface area (Å²) in [5, 5.41) is 15.2. The number of nitrogens with zero attached hydrogens (tertiary/aromatic N) is 1. The van der Waals surface area contributed by atoms with E-state index in [4.69, 9.17) is 9.84 Å². The van der Waals surface area contributed by atoms with Gasteiger partial charge in [-0.1, -0.05) is 57.7 Å². The lowest BCUT2D eigenvalue weighted by Crippen LogP contribution is -2.55. The van der Waals surface area contributed by atoms with Crippen molar-refractivity contribution < 1.29 is 24.2 Å². The number of aliphatic hydroxyl groups excluding tert-OH is 1. The number of rotatable bonds is 13. The Morgan fingerprint density at radius 2 is 1.81 bits per heavy atom. The predicted molar refractivity (Wildman–Crippen MR) is 142 cm³/mol. The van der Waals surface area contributed by atoms with Crippen LogP contribution in [0.15, 0.2) is 30.3 Å². The van der Waals surface area contributed by atoms with Crippen molar-refractivity contribution in [3.05, 3.63) is 30.3 Å². The van der Waals surface area contributed by atoms with E-state index in [-0.39, 0.29) is 30.2 Å². The van der Waals surface area contributed by atoms with Crippen LogP contribution in [0.4, 0.5) is 5.69 Å². The van der Waals surface area contributed by atoms with Crippen LogP contribution >= 0.6 is 0 Å². The zero-order chi connectivity index (χ0) is 26.6. The van der Waals surface area contributed by atoms with Gasteiger partial charge >= 0.3 is 0 Å². The minimum Gasteiger partial charge on any atom is -0.396 e. The van der Waals surface area contributed by atoms with Gasteiger partial charge in [-0.3, -0.25) is 14.4 Å². The molecule has 1 aromatic rings. The third-order valence-electron chi connectivity index (χ3n) is 8.77. The van der Waals surface area contributed by atoms with Crippen molar-refractivity contribution >= 4 is 23.4 Å². The van der Waals surface area contributed by atoms with Crippen molar-refractivity contribution in [1.82, 2.24) is 10.2 Å². The second-order valence-electron chi connectivity index (χ2n) is 11.2. The molecular weight excluding hydrogens is 470 g/mol. The number of para-hydroxylation sites is 1. The normalized spacial score (nSPS) is 32.0. The van der Waals surface area contributed by atoms with Crippen molar-refractivity contribution in [3.63, 3.8) is 0 Å². The molecule has 0 saturated carbocycles. The second kappa shape index (κ2) is 11.5. The summed E-state index contributed by atoms with van der Waals surface area (Å²) in [6.07, 6.45) is 6.74. The molecule has 37 heavy (non-hydrogen) atoms. The number of nitrogens with one attached hydrogen (secondary N) is 2. The van der Waals surface area contributed by atoms with Crippen LogP contribution in [0.3, 0.4) is 0 Å². The number of amides is 3. The Kier molecular flexibility index (Phi) is 8.59. The lowest BCUT2D eigenvalue weighted by Gasteiger charge is -2.36. The first-order valence-electron chi connectivity index (χ1n) is 14.0. The number of carbonyl (C=O) groups excluding carboxylic acids is 3. The number of anilines is 1. The van der Waals surface area contributed by atoms with Gasteiger partial charge in [-0.15, -0.1) is 0 Å². The summed E-state index contributed by atoms with van der Waals surface area (Å²) in [5.74, 6) is -1.92. The summed E-state index contributed by atoms with van der Waals surface area (Å²) in [6, 6.07) is 8.51. The summed E-state index contributed by atoms with van der Waals surface area (Å²) in [7, 11) is 0. The molecule has 0 aliphatic carbocycles.